The Hall–Kier alpha value is -2.11. The first-order chi connectivity index (χ1) is 12.1. The molecular formula is C20H18BrN3O. The number of para-hydroxylation sites is 1. The molecular weight excluding hydrogens is 378 g/mol. The zero-order chi connectivity index (χ0) is 17.2. The fourth-order valence-corrected chi connectivity index (χ4v) is 4.68. The molecule has 2 aliphatic rings. The number of aromatic amines is 1. The Morgan fingerprint density at radius 1 is 1.20 bits per heavy atom. The molecule has 5 heteroatoms. The van der Waals surface area contributed by atoms with Crippen molar-refractivity contribution in [3.05, 3.63) is 63.8 Å². The largest absolute Gasteiger partial charge is 0.356 e. The van der Waals surface area contributed by atoms with E-state index in [-0.39, 0.29) is 11.9 Å². The lowest BCUT2D eigenvalue weighted by atomic mass is 9.85. The second-order valence-electron chi connectivity index (χ2n) is 7.00. The summed E-state index contributed by atoms with van der Waals surface area (Å²) in [6.07, 6.45) is 1.94. The molecule has 0 fully saturated rings. The third kappa shape index (κ3) is 1.99. The number of benzene rings is 2. The van der Waals surface area contributed by atoms with Crippen molar-refractivity contribution in [2.24, 2.45) is 0 Å². The summed E-state index contributed by atoms with van der Waals surface area (Å²) in [6, 6.07) is 14.5. The van der Waals surface area contributed by atoms with E-state index in [2.05, 4.69) is 56.7 Å². The summed E-state index contributed by atoms with van der Waals surface area (Å²) in [4.78, 5) is 16.8. The van der Waals surface area contributed by atoms with Crippen molar-refractivity contribution in [3.63, 3.8) is 0 Å². The van der Waals surface area contributed by atoms with E-state index in [1.165, 1.54) is 10.9 Å². The van der Waals surface area contributed by atoms with Crippen LogP contribution in [0.3, 0.4) is 0 Å². The molecule has 1 aromatic heterocycles. The van der Waals surface area contributed by atoms with Crippen LogP contribution in [0.4, 0.5) is 5.69 Å². The molecule has 0 saturated carbocycles. The summed E-state index contributed by atoms with van der Waals surface area (Å²) in [7, 11) is 0. The lowest BCUT2D eigenvalue weighted by Gasteiger charge is -2.30. The van der Waals surface area contributed by atoms with Crippen molar-refractivity contribution in [2.45, 2.75) is 31.3 Å². The Bertz CT molecular complexity index is 1020. The second kappa shape index (κ2) is 5.19. The van der Waals surface area contributed by atoms with Crippen molar-refractivity contribution in [1.29, 1.82) is 0 Å². The van der Waals surface area contributed by atoms with E-state index in [1.54, 1.807) is 0 Å². The SMILES string of the molecule is CC1CCc2c([nH]c3ccccc23)C2(N1)C(=O)Nc1ccc(Br)cc12. The van der Waals surface area contributed by atoms with E-state index in [0.717, 1.165) is 39.8 Å². The average molecular weight is 396 g/mol. The van der Waals surface area contributed by atoms with Gasteiger partial charge in [-0.3, -0.25) is 10.1 Å². The fourth-order valence-electron chi connectivity index (χ4n) is 4.32. The molecule has 5 rings (SSSR count). The summed E-state index contributed by atoms with van der Waals surface area (Å²) in [5, 5.41) is 7.93. The highest BCUT2D eigenvalue weighted by atomic mass is 79.9. The van der Waals surface area contributed by atoms with Crippen LogP contribution in [0.25, 0.3) is 10.9 Å². The Kier molecular flexibility index (Phi) is 3.15. The monoisotopic (exact) mass is 395 g/mol. The molecule has 1 spiro atoms. The van der Waals surface area contributed by atoms with Gasteiger partial charge in [0.05, 0.1) is 5.69 Å². The number of H-pyrrole nitrogens is 1. The topological polar surface area (TPSA) is 56.9 Å². The molecule has 2 aliphatic heterocycles. The predicted molar refractivity (Wildman–Crippen MR) is 103 cm³/mol. The first kappa shape index (κ1) is 15.2. The van der Waals surface area contributed by atoms with Gasteiger partial charge in [-0.1, -0.05) is 34.1 Å². The molecule has 3 aromatic rings. The number of nitrogens with one attached hydrogen (secondary N) is 3. The number of fused-ring (bicyclic) bond motifs is 6. The number of rotatable bonds is 0. The molecule has 2 atom stereocenters. The number of carbonyl (C=O) groups is 1. The predicted octanol–water partition coefficient (Wildman–Crippen LogP) is 4.05. The van der Waals surface area contributed by atoms with Crippen LogP contribution < -0.4 is 10.6 Å². The number of aryl methyl sites for hydroxylation is 1. The molecule has 1 amide bonds. The summed E-state index contributed by atoms with van der Waals surface area (Å²) < 4.78 is 0.971. The number of carbonyl (C=O) groups excluding carboxylic acids is 1. The van der Waals surface area contributed by atoms with Crippen molar-refractivity contribution < 1.29 is 4.79 Å². The minimum absolute atomic E-state index is 0.0119. The maximum absolute atomic E-state index is 13.2. The molecule has 25 heavy (non-hydrogen) atoms. The minimum Gasteiger partial charge on any atom is -0.356 e. The smallest absolute Gasteiger partial charge is 0.255 e. The van der Waals surface area contributed by atoms with Crippen molar-refractivity contribution in [3.8, 4) is 0 Å². The van der Waals surface area contributed by atoms with Crippen molar-refractivity contribution in [1.82, 2.24) is 10.3 Å². The van der Waals surface area contributed by atoms with Crippen LogP contribution in [0, 0.1) is 0 Å². The normalized spacial score (nSPS) is 24.9. The number of hydrogen-bond acceptors (Lipinski definition) is 2. The first-order valence-corrected chi connectivity index (χ1v) is 9.38. The molecule has 0 aliphatic carbocycles. The van der Waals surface area contributed by atoms with E-state index >= 15 is 0 Å². The van der Waals surface area contributed by atoms with E-state index in [9.17, 15) is 4.79 Å². The third-order valence-electron chi connectivity index (χ3n) is 5.45. The molecule has 0 radical (unpaired) electrons. The van der Waals surface area contributed by atoms with Crippen LogP contribution in [0.2, 0.25) is 0 Å². The van der Waals surface area contributed by atoms with Gasteiger partial charge in [0.25, 0.3) is 5.91 Å². The Labute approximate surface area is 154 Å². The molecule has 0 saturated heterocycles. The molecule has 126 valence electrons. The van der Waals surface area contributed by atoms with Gasteiger partial charge in [-0.15, -0.1) is 0 Å². The van der Waals surface area contributed by atoms with Gasteiger partial charge >= 0.3 is 0 Å². The Morgan fingerprint density at radius 2 is 2.04 bits per heavy atom. The second-order valence-corrected chi connectivity index (χ2v) is 7.92. The molecule has 3 heterocycles. The Morgan fingerprint density at radius 3 is 2.92 bits per heavy atom. The average Bonchev–Trinajstić information content (AvgIpc) is 3.04. The van der Waals surface area contributed by atoms with Crippen LogP contribution >= 0.6 is 15.9 Å². The van der Waals surface area contributed by atoms with Crippen LogP contribution in [0.5, 0.6) is 0 Å². The number of aromatic nitrogens is 1. The van der Waals surface area contributed by atoms with Crippen molar-refractivity contribution in [2.75, 3.05) is 5.32 Å². The van der Waals surface area contributed by atoms with Gasteiger partial charge in [0.1, 0.15) is 0 Å². The maximum atomic E-state index is 13.2. The lowest BCUT2D eigenvalue weighted by Crippen LogP contribution is -2.52. The first-order valence-electron chi connectivity index (χ1n) is 8.59. The molecule has 0 bridgehead atoms. The summed E-state index contributed by atoms with van der Waals surface area (Å²) >= 11 is 3.57. The zero-order valence-electron chi connectivity index (χ0n) is 13.8. The molecule has 2 unspecified atom stereocenters. The van der Waals surface area contributed by atoms with Gasteiger partial charge in [0.2, 0.25) is 0 Å². The van der Waals surface area contributed by atoms with Gasteiger partial charge < -0.3 is 10.3 Å². The summed E-state index contributed by atoms with van der Waals surface area (Å²) in [6.45, 7) is 2.15. The van der Waals surface area contributed by atoms with Gasteiger partial charge in [0.15, 0.2) is 5.54 Å². The number of amides is 1. The van der Waals surface area contributed by atoms with Gasteiger partial charge in [0, 0.05) is 32.7 Å². The number of anilines is 1. The highest BCUT2D eigenvalue weighted by Gasteiger charge is 2.52. The van der Waals surface area contributed by atoms with E-state index in [0.29, 0.717) is 0 Å². The van der Waals surface area contributed by atoms with Crippen LogP contribution in [-0.2, 0) is 16.8 Å². The molecule has 4 nitrogen and oxygen atoms in total. The molecule has 3 N–H and O–H groups in total. The molecule has 2 aromatic carbocycles. The lowest BCUT2D eigenvalue weighted by molar-refractivity contribution is -0.120. The third-order valence-corrected chi connectivity index (χ3v) is 5.95. The van der Waals surface area contributed by atoms with Crippen LogP contribution in [-0.4, -0.2) is 16.9 Å². The van der Waals surface area contributed by atoms with Gasteiger partial charge in [-0.2, -0.15) is 0 Å². The quantitative estimate of drug-likeness (QED) is 0.537. The number of halogens is 1. The van der Waals surface area contributed by atoms with Gasteiger partial charge in [-0.25, -0.2) is 0 Å². The fraction of sp³-hybridized carbons (Fsp3) is 0.250. The van der Waals surface area contributed by atoms with Crippen LogP contribution in [0.15, 0.2) is 46.9 Å². The van der Waals surface area contributed by atoms with Crippen LogP contribution in [0.1, 0.15) is 30.2 Å². The van der Waals surface area contributed by atoms with E-state index in [1.807, 2.05) is 24.3 Å². The number of hydrogen-bond donors (Lipinski definition) is 3. The highest BCUT2D eigenvalue weighted by Crippen LogP contribution is 2.46. The zero-order valence-corrected chi connectivity index (χ0v) is 15.4. The summed E-state index contributed by atoms with van der Waals surface area (Å²) in [5.74, 6) is -0.0119. The van der Waals surface area contributed by atoms with E-state index < -0.39 is 5.54 Å². The standard InChI is InChI=1S/C20H18BrN3O/c1-11-6-8-14-13-4-2-3-5-16(13)22-18(14)20(24-11)15-10-12(21)7-9-17(15)23-19(20)25/h2-5,7,9-11,22,24H,6,8H2,1H3,(H,23,25). The maximum Gasteiger partial charge on any atom is 0.255 e. The summed E-state index contributed by atoms with van der Waals surface area (Å²) in [5.41, 5.74) is 4.29. The minimum atomic E-state index is -0.872. The Balaban J connectivity index is 1.88. The van der Waals surface area contributed by atoms with Gasteiger partial charge in [-0.05, 0) is 49.6 Å². The van der Waals surface area contributed by atoms with E-state index in [4.69, 9.17) is 0 Å². The van der Waals surface area contributed by atoms with Crippen molar-refractivity contribution >= 4 is 38.4 Å². The highest BCUT2D eigenvalue weighted by molar-refractivity contribution is 9.10.